The summed E-state index contributed by atoms with van der Waals surface area (Å²) in [5, 5.41) is -1.21. The van der Waals surface area contributed by atoms with Gasteiger partial charge in [0.1, 0.15) is 17.7 Å². The molecular formula is C18H27FN2O7S2. The van der Waals surface area contributed by atoms with Crippen LogP contribution in [0.25, 0.3) is 0 Å². The van der Waals surface area contributed by atoms with Gasteiger partial charge in [0.25, 0.3) is 10.1 Å². The second kappa shape index (κ2) is 9.16. The maximum atomic E-state index is 14.4. The highest BCUT2D eigenvalue weighted by atomic mass is 32.2. The van der Waals surface area contributed by atoms with Crippen LogP contribution in [0.1, 0.15) is 38.2 Å². The summed E-state index contributed by atoms with van der Waals surface area (Å²) >= 11 is 0. The zero-order valence-electron chi connectivity index (χ0n) is 16.8. The van der Waals surface area contributed by atoms with E-state index in [1.807, 2.05) is 0 Å². The van der Waals surface area contributed by atoms with Gasteiger partial charge in [0, 0.05) is 12.6 Å². The zero-order valence-corrected chi connectivity index (χ0v) is 18.4. The highest BCUT2D eigenvalue weighted by molar-refractivity contribution is 7.88. The van der Waals surface area contributed by atoms with Crippen molar-refractivity contribution in [2.45, 2.75) is 50.4 Å². The summed E-state index contributed by atoms with van der Waals surface area (Å²) in [6.07, 6.45) is 1.45. The van der Waals surface area contributed by atoms with Gasteiger partial charge in [0.2, 0.25) is 15.9 Å². The molecule has 0 bridgehead atoms. The molecule has 1 aliphatic rings. The van der Waals surface area contributed by atoms with Crippen LogP contribution in [-0.2, 0) is 31.4 Å². The first-order valence-corrected chi connectivity index (χ1v) is 12.8. The lowest BCUT2D eigenvalue weighted by atomic mass is 9.78. The number of carbonyl (C=O) groups is 1. The molecule has 0 radical (unpaired) electrons. The van der Waals surface area contributed by atoms with E-state index in [9.17, 15) is 30.6 Å². The van der Waals surface area contributed by atoms with Crippen LogP contribution in [0.15, 0.2) is 18.2 Å². The third-order valence-corrected chi connectivity index (χ3v) is 7.33. The molecule has 0 saturated heterocycles. The number of halogens is 1. The minimum Gasteiger partial charge on any atom is -0.489 e. The predicted molar refractivity (Wildman–Crippen MR) is 108 cm³/mol. The van der Waals surface area contributed by atoms with Gasteiger partial charge in [-0.3, -0.25) is 9.35 Å². The maximum Gasteiger partial charge on any atom is 0.267 e. The first-order valence-electron chi connectivity index (χ1n) is 9.40. The molecule has 1 amide bonds. The summed E-state index contributed by atoms with van der Waals surface area (Å²) < 4.78 is 76.9. The third kappa shape index (κ3) is 6.13. The van der Waals surface area contributed by atoms with Crippen molar-refractivity contribution in [2.75, 3.05) is 12.8 Å². The Kier molecular flexibility index (Phi) is 7.49. The molecule has 1 fully saturated rings. The van der Waals surface area contributed by atoms with Gasteiger partial charge in [-0.25, -0.2) is 17.5 Å². The van der Waals surface area contributed by atoms with Crippen molar-refractivity contribution in [3.05, 3.63) is 29.6 Å². The Morgan fingerprint density at radius 2 is 2.07 bits per heavy atom. The molecule has 0 aromatic heterocycles. The molecule has 170 valence electrons. The van der Waals surface area contributed by atoms with Crippen LogP contribution < -0.4 is 15.2 Å². The Morgan fingerprint density at radius 1 is 1.40 bits per heavy atom. The Bertz CT molecular complexity index is 998. The monoisotopic (exact) mass is 466 g/mol. The number of benzene rings is 1. The van der Waals surface area contributed by atoms with Gasteiger partial charge < -0.3 is 10.5 Å². The van der Waals surface area contributed by atoms with Crippen LogP contribution >= 0.6 is 0 Å². The highest BCUT2D eigenvalue weighted by Crippen LogP contribution is 2.45. The molecule has 4 N–H and O–H groups in total. The SMILES string of the molecule is CC(C[C@@]1(C(N)=O)CCC[C@H]1Oc1ccc(CCNS(C)(=O)=O)c(F)c1)S(=O)(=O)O. The number of hydrogen-bond donors (Lipinski definition) is 3. The van der Waals surface area contributed by atoms with Gasteiger partial charge in [-0.1, -0.05) is 6.07 Å². The number of ether oxygens (including phenoxy) is 1. The first kappa shape index (κ1) is 24.5. The molecule has 3 atom stereocenters. The van der Waals surface area contributed by atoms with Gasteiger partial charge in [0.05, 0.1) is 16.9 Å². The number of hydrogen-bond acceptors (Lipinski definition) is 6. The van der Waals surface area contributed by atoms with E-state index in [-0.39, 0.29) is 30.7 Å². The van der Waals surface area contributed by atoms with E-state index in [1.165, 1.54) is 19.1 Å². The average Bonchev–Trinajstić information content (AvgIpc) is 2.98. The van der Waals surface area contributed by atoms with E-state index >= 15 is 0 Å². The lowest BCUT2D eigenvalue weighted by molar-refractivity contribution is -0.132. The summed E-state index contributed by atoms with van der Waals surface area (Å²) in [6, 6.07) is 4.08. The Balaban J connectivity index is 2.17. The minimum atomic E-state index is -4.36. The van der Waals surface area contributed by atoms with Gasteiger partial charge in [-0.15, -0.1) is 0 Å². The van der Waals surface area contributed by atoms with Crippen LogP contribution in [0.2, 0.25) is 0 Å². The molecule has 1 saturated carbocycles. The van der Waals surface area contributed by atoms with Crippen molar-refractivity contribution in [2.24, 2.45) is 11.1 Å². The molecule has 1 aromatic carbocycles. The lowest BCUT2D eigenvalue weighted by Crippen LogP contribution is -2.48. The summed E-state index contributed by atoms with van der Waals surface area (Å²) in [7, 11) is -7.74. The highest BCUT2D eigenvalue weighted by Gasteiger charge is 2.51. The largest absolute Gasteiger partial charge is 0.489 e. The number of nitrogens with one attached hydrogen (secondary N) is 1. The van der Waals surface area contributed by atoms with E-state index in [1.54, 1.807) is 0 Å². The standard InChI is InChI=1S/C18H27FN2O7S2/c1-12(30(25,26)27)11-18(17(20)22)8-3-4-16(18)28-14-6-5-13(15(19)10-14)7-9-21-29(2,23)24/h5-6,10,12,16,21H,3-4,7-9,11H2,1-2H3,(H2,20,22)(H,25,26,27)/t12?,16-,18+/m1/s1. The molecule has 0 heterocycles. The summed E-state index contributed by atoms with van der Waals surface area (Å²) in [6.45, 7) is 1.32. The van der Waals surface area contributed by atoms with Crippen LogP contribution in [0.5, 0.6) is 5.75 Å². The van der Waals surface area contributed by atoms with Crippen LogP contribution in [0.3, 0.4) is 0 Å². The summed E-state index contributed by atoms with van der Waals surface area (Å²) in [4.78, 5) is 12.2. The van der Waals surface area contributed by atoms with E-state index in [0.29, 0.717) is 19.3 Å². The molecule has 0 aliphatic heterocycles. The van der Waals surface area contributed by atoms with Crippen LogP contribution in [-0.4, -0.2) is 51.4 Å². The van der Waals surface area contributed by atoms with Crippen molar-refractivity contribution in [1.82, 2.24) is 4.72 Å². The van der Waals surface area contributed by atoms with Gasteiger partial charge >= 0.3 is 0 Å². The number of carbonyl (C=O) groups excluding carboxylic acids is 1. The molecule has 1 aliphatic carbocycles. The zero-order chi connectivity index (χ0) is 22.7. The van der Waals surface area contributed by atoms with E-state index in [0.717, 1.165) is 12.3 Å². The number of amides is 1. The van der Waals surface area contributed by atoms with Gasteiger partial charge in [0.15, 0.2) is 0 Å². The van der Waals surface area contributed by atoms with Crippen molar-refractivity contribution < 1.29 is 35.3 Å². The number of sulfonamides is 1. The summed E-state index contributed by atoms with van der Waals surface area (Å²) in [5.74, 6) is -1.19. The van der Waals surface area contributed by atoms with Crippen molar-refractivity contribution >= 4 is 26.0 Å². The molecular weight excluding hydrogens is 439 g/mol. The average molecular weight is 467 g/mol. The van der Waals surface area contributed by atoms with E-state index in [4.69, 9.17) is 10.5 Å². The maximum absolute atomic E-state index is 14.4. The smallest absolute Gasteiger partial charge is 0.267 e. The minimum absolute atomic E-state index is 0.0386. The summed E-state index contributed by atoms with van der Waals surface area (Å²) in [5.41, 5.74) is 4.57. The van der Waals surface area contributed by atoms with Crippen LogP contribution in [0, 0.1) is 11.2 Å². The van der Waals surface area contributed by atoms with Gasteiger partial charge in [-0.2, -0.15) is 8.42 Å². The van der Waals surface area contributed by atoms with Crippen molar-refractivity contribution in [3.8, 4) is 5.75 Å². The second-order valence-corrected chi connectivity index (χ2v) is 11.4. The quantitative estimate of drug-likeness (QED) is 0.435. The van der Waals surface area contributed by atoms with E-state index < -0.39 is 48.6 Å². The van der Waals surface area contributed by atoms with Crippen molar-refractivity contribution in [3.63, 3.8) is 0 Å². The van der Waals surface area contributed by atoms with Crippen molar-refractivity contribution in [1.29, 1.82) is 0 Å². The fraction of sp³-hybridized carbons (Fsp3) is 0.611. The Hall–Kier alpha value is -1.76. The number of primary amides is 1. The molecule has 0 spiro atoms. The molecule has 9 nitrogen and oxygen atoms in total. The van der Waals surface area contributed by atoms with Gasteiger partial charge in [-0.05, 0) is 50.7 Å². The topological polar surface area (TPSA) is 153 Å². The molecule has 1 unspecified atom stereocenters. The lowest BCUT2D eigenvalue weighted by Gasteiger charge is -2.34. The Labute approximate surface area is 176 Å². The van der Waals surface area contributed by atoms with E-state index in [2.05, 4.69) is 4.72 Å². The number of rotatable bonds is 10. The molecule has 30 heavy (non-hydrogen) atoms. The number of nitrogens with two attached hydrogens (primary N) is 1. The normalized spacial score (nSPS) is 23.3. The fourth-order valence-electron chi connectivity index (χ4n) is 3.79. The molecule has 12 heteroatoms. The third-order valence-electron chi connectivity index (χ3n) is 5.42. The first-order chi connectivity index (χ1) is 13.7. The Morgan fingerprint density at radius 3 is 2.60 bits per heavy atom. The molecule has 1 aromatic rings. The second-order valence-electron chi connectivity index (χ2n) is 7.72. The van der Waals surface area contributed by atoms with Crippen LogP contribution in [0.4, 0.5) is 4.39 Å². The predicted octanol–water partition coefficient (Wildman–Crippen LogP) is 0.987. The molecule has 2 rings (SSSR count). The fourth-order valence-corrected chi connectivity index (χ4v) is 4.77.